The minimum absolute atomic E-state index is 0.350. The molecule has 0 spiro atoms. The number of furan rings is 1. The van der Waals surface area contributed by atoms with Crippen LogP contribution in [0.4, 0.5) is 4.39 Å². The van der Waals surface area contributed by atoms with Gasteiger partial charge in [-0.05, 0) is 41.2 Å². The monoisotopic (exact) mass is 334 g/mol. The van der Waals surface area contributed by atoms with Gasteiger partial charge in [0.25, 0.3) is 0 Å². The highest BCUT2D eigenvalue weighted by molar-refractivity contribution is 9.10. The van der Waals surface area contributed by atoms with Crippen LogP contribution in [0.5, 0.6) is 0 Å². The molecule has 0 radical (unpaired) electrons. The van der Waals surface area contributed by atoms with E-state index in [-0.39, 0.29) is 11.9 Å². The van der Waals surface area contributed by atoms with Crippen molar-refractivity contribution in [3.63, 3.8) is 0 Å². The number of hydrogen-bond acceptors (Lipinski definition) is 3. The molecule has 0 bridgehead atoms. The van der Waals surface area contributed by atoms with Crippen molar-refractivity contribution < 1.29 is 8.81 Å². The summed E-state index contributed by atoms with van der Waals surface area (Å²) >= 11 is 3.45. The van der Waals surface area contributed by atoms with Crippen molar-refractivity contribution in [2.45, 2.75) is 6.04 Å². The van der Waals surface area contributed by atoms with Gasteiger partial charge < -0.3 is 9.73 Å². The van der Waals surface area contributed by atoms with Gasteiger partial charge in [-0.15, -0.1) is 0 Å². The van der Waals surface area contributed by atoms with Crippen molar-refractivity contribution in [1.29, 1.82) is 0 Å². The highest BCUT2D eigenvalue weighted by Gasteiger charge is 2.20. The molecular weight excluding hydrogens is 323 g/mol. The van der Waals surface area contributed by atoms with E-state index in [0.29, 0.717) is 11.3 Å². The summed E-state index contributed by atoms with van der Waals surface area (Å²) in [5.74, 6) is 0.311. The molecule has 102 valence electrons. The maximum Gasteiger partial charge on any atom is 0.148 e. The number of nitrogens with zero attached hydrogens (tertiary/aromatic N) is 1. The number of benzene rings is 1. The zero-order valence-electron chi connectivity index (χ0n) is 10.7. The van der Waals surface area contributed by atoms with Gasteiger partial charge in [0, 0.05) is 17.1 Å². The van der Waals surface area contributed by atoms with Crippen LogP contribution in [0.1, 0.15) is 17.4 Å². The summed E-state index contributed by atoms with van der Waals surface area (Å²) in [6.07, 6.45) is 2.78. The molecule has 0 fully saturated rings. The fourth-order valence-electron chi connectivity index (χ4n) is 2.26. The fourth-order valence-corrected chi connectivity index (χ4v) is 2.72. The molecule has 0 amide bonds. The zero-order valence-corrected chi connectivity index (χ0v) is 12.3. The van der Waals surface area contributed by atoms with E-state index in [9.17, 15) is 4.39 Å². The Hall–Kier alpha value is -1.72. The molecule has 1 unspecified atom stereocenters. The first-order chi connectivity index (χ1) is 9.70. The van der Waals surface area contributed by atoms with Gasteiger partial charge in [0.1, 0.15) is 17.2 Å². The Morgan fingerprint density at radius 1 is 1.35 bits per heavy atom. The van der Waals surface area contributed by atoms with Crippen molar-refractivity contribution in [2.75, 3.05) is 7.05 Å². The average Bonchev–Trinajstić information content (AvgIpc) is 2.87. The van der Waals surface area contributed by atoms with E-state index in [2.05, 4.69) is 26.2 Å². The third-order valence-electron chi connectivity index (χ3n) is 3.20. The number of fused-ring (bicyclic) bond motifs is 1. The second kappa shape index (κ2) is 5.34. The topological polar surface area (TPSA) is 38.1 Å². The molecule has 2 heterocycles. The Balaban J connectivity index is 2.12. The number of nitrogens with one attached hydrogen (secondary N) is 1. The zero-order chi connectivity index (χ0) is 14.1. The number of halogens is 2. The Bertz CT molecular complexity index is 756. The molecule has 0 aliphatic rings. The molecule has 2 aromatic heterocycles. The van der Waals surface area contributed by atoms with Gasteiger partial charge in [-0.25, -0.2) is 4.39 Å². The standard InChI is InChI=1S/C15H12BrFN2O/c1-18-14(10-5-6-19-8-12(10)17)13-7-9-3-2-4-11(16)15(9)20-13/h2-8,14,18H,1H3. The number of pyridine rings is 1. The van der Waals surface area contributed by atoms with E-state index in [1.165, 1.54) is 6.20 Å². The van der Waals surface area contributed by atoms with Crippen LogP contribution in [-0.4, -0.2) is 12.0 Å². The van der Waals surface area contributed by atoms with E-state index in [1.807, 2.05) is 24.3 Å². The molecule has 0 aliphatic heterocycles. The Labute approximate surface area is 123 Å². The maximum atomic E-state index is 13.9. The smallest absolute Gasteiger partial charge is 0.148 e. The normalized spacial score (nSPS) is 12.8. The van der Waals surface area contributed by atoms with E-state index < -0.39 is 0 Å². The van der Waals surface area contributed by atoms with Gasteiger partial charge in [-0.3, -0.25) is 4.98 Å². The van der Waals surface area contributed by atoms with Crippen LogP contribution >= 0.6 is 15.9 Å². The molecule has 1 atom stereocenters. The van der Waals surface area contributed by atoms with E-state index in [4.69, 9.17) is 4.42 Å². The lowest BCUT2D eigenvalue weighted by atomic mass is 10.1. The van der Waals surface area contributed by atoms with Crippen molar-refractivity contribution in [3.8, 4) is 0 Å². The first-order valence-electron chi connectivity index (χ1n) is 6.15. The minimum Gasteiger partial charge on any atom is -0.458 e. The fraction of sp³-hybridized carbons (Fsp3) is 0.133. The minimum atomic E-state index is -0.355. The highest BCUT2D eigenvalue weighted by Crippen LogP contribution is 2.32. The lowest BCUT2D eigenvalue weighted by molar-refractivity contribution is 0.474. The van der Waals surface area contributed by atoms with E-state index >= 15 is 0 Å². The predicted octanol–water partition coefficient (Wildman–Crippen LogP) is 4.04. The Morgan fingerprint density at radius 3 is 2.90 bits per heavy atom. The molecular formula is C15H12BrFN2O. The van der Waals surface area contributed by atoms with Gasteiger partial charge in [-0.2, -0.15) is 0 Å². The molecule has 3 aromatic rings. The van der Waals surface area contributed by atoms with Crippen molar-refractivity contribution >= 4 is 26.9 Å². The van der Waals surface area contributed by atoms with Crippen molar-refractivity contribution in [3.05, 3.63) is 64.3 Å². The summed E-state index contributed by atoms with van der Waals surface area (Å²) in [4.78, 5) is 3.77. The van der Waals surface area contributed by atoms with Crippen molar-refractivity contribution in [2.24, 2.45) is 0 Å². The third kappa shape index (κ3) is 2.23. The maximum absolute atomic E-state index is 13.9. The lowest BCUT2D eigenvalue weighted by Gasteiger charge is -2.14. The summed E-state index contributed by atoms with van der Waals surface area (Å²) < 4.78 is 20.6. The number of hydrogen-bond donors (Lipinski definition) is 1. The Morgan fingerprint density at radius 2 is 2.20 bits per heavy atom. The number of rotatable bonds is 3. The van der Waals surface area contributed by atoms with Crippen molar-refractivity contribution in [1.82, 2.24) is 10.3 Å². The van der Waals surface area contributed by atoms with Gasteiger partial charge in [0.15, 0.2) is 0 Å². The summed E-state index contributed by atoms with van der Waals surface area (Å²) in [6.45, 7) is 0. The first kappa shape index (κ1) is 13.3. The lowest BCUT2D eigenvalue weighted by Crippen LogP contribution is -2.18. The molecule has 1 aromatic carbocycles. The molecule has 0 saturated carbocycles. The van der Waals surface area contributed by atoms with Crippen LogP contribution in [0, 0.1) is 5.82 Å². The van der Waals surface area contributed by atoms with Gasteiger partial charge in [0.2, 0.25) is 0 Å². The molecule has 20 heavy (non-hydrogen) atoms. The molecule has 1 N–H and O–H groups in total. The van der Waals surface area contributed by atoms with Gasteiger partial charge >= 0.3 is 0 Å². The van der Waals surface area contributed by atoms with E-state index in [1.54, 1.807) is 19.3 Å². The summed E-state index contributed by atoms with van der Waals surface area (Å²) in [6, 6.07) is 9.03. The molecule has 3 rings (SSSR count). The second-order valence-electron chi connectivity index (χ2n) is 4.43. The first-order valence-corrected chi connectivity index (χ1v) is 6.94. The average molecular weight is 335 g/mol. The predicted molar refractivity (Wildman–Crippen MR) is 79.0 cm³/mol. The summed E-state index contributed by atoms with van der Waals surface area (Å²) in [7, 11) is 1.77. The molecule has 0 aliphatic carbocycles. The molecule has 5 heteroatoms. The van der Waals surface area contributed by atoms with Gasteiger partial charge in [0.05, 0.1) is 16.7 Å². The molecule has 0 saturated heterocycles. The largest absolute Gasteiger partial charge is 0.458 e. The van der Waals surface area contributed by atoms with Crippen LogP contribution < -0.4 is 5.32 Å². The highest BCUT2D eigenvalue weighted by atomic mass is 79.9. The number of aromatic nitrogens is 1. The number of para-hydroxylation sites is 1. The summed E-state index contributed by atoms with van der Waals surface area (Å²) in [5.41, 5.74) is 1.27. The van der Waals surface area contributed by atoms with Crippen LogP contribution in [0.2, 0.25) is 0 Å². The van der Waals surface area contributed by atoms with Crippen LogP contribution in [-0.2, 0) is 0 Å². The Kier molecular flexibility index (Phi) is 3.54. The summed E-state index contributed by atoms with van der Waals surface area (Å²) in [5, 5.41) is 4.06. The van der Waals surface area contributed by atoms with E-state index in [0.717, 1.165) is 15.4 Å². The van der Waals surface area contributed by atoms with Crippen LogP contribution in [0.15, 0.2) is 51.6 Å². The van der Waals surface area contributed by atoms with Gasteiger partial charge in [-0.1, -0.05) is 12.1 Å². The second-order valence-corrected chi connectivity index (χ2v) is 5.28. The van der Waals surface area contributed by atoms with Crippen LogP contribution in [0.3, 0.4) is 0 Å². The quantitative estimate of drug-likeness (QED) is 0.785. The SMILES string of the molecule is CNC(c1cc2cccc(Br)c2o1)c1ccncc1F. The third-order valence-corrected chi connectivity index (χ3v) is 3.83. The molecule has 3 nitrogen and oxygen atoms in total. The van der Waals surface area contributed by atoms with Crippen LogP contribution in [0.25, 0.3) is 11.0 Å².